The Morgan fingerprint density at radius 3 is 1.78 bits per heavy atom. The summed E-state index contributed by atoms with van der Waals surface area (Å²) in [5.41, 5.74) is 13.6. The topological polar surface area (TPSA) is 23.0 Å². The van der Waals surface area contributed by atoms with Crippen molar-refractivity contribution in [2.24, 2.45) is 0 Å². The van der Waals surface area contributed by atoms with Crippen LogP contribution in [0.3, 0.4) is 0 Å². The molecule has 0 spiro atoms. The smallest absolute Gasteiger partial charge is 0.136 e. The molecule has 0 aliphatic rings. The summed E-state index contributed by atoms with van der Waals surface area (Å²) in [7, 11) is 0. The number of aromatic nitrogens is 2. The predicted molar refractivity (Wildman–Crippen MR) is 231 cm³/mol. The van der Waals surface area contributed by atoms with Gasteiger partial charge in [0.05, 0.1) is 22.1 Å². The molecule has 0 amide bonds. The van der Waals surface area contributed by atoms with Crippen molar-refractivity contribution in [3.05, 3.63) is 194 Å². The van der Waals surface area contributed by atoms with Crippen molar-refractivity contribution in [2.75, 3.05) is 0 Å². The highest BCUT2D eigenvalue weighted by Gasteiger charge is 2.20. The van der Waals surface area contributed by atoms with Crippen LogP contribution in [0.25, 0.3) is 110 Å². The maximum absolute atomic E-state index is 6.46. The van der Waals surface area contributed by atoms with Gasteiger partial charge in [0, 0.05) is 43.7 Å². The lowest BCUT2D eigenvalue weighted by Crippen LogP contribution is -1.94. The van der Waals surface area contributed by atoms with Crippen LogP contribution < -0.4 is 0 Å². The normalized spacial score (nSPS) is 12.0. The molecule has 55 heavy (non-hydrogen) atoms. The number of para-hydroxylation sites is 2. The summed E-state index contributed by atoms with van der Waals surface area (Å²) in [6, 6.07) is 70.3. The quantitative estimate of drug-likeness (QED) is 0.179. The van der Waals surface area contributed by atoms with Crippen LogP contribution >= 0.6 is 0 Å². The first-order chi connectivity index (χ1) is 27.3. The minimum Gasteiger partial charge on any atom is -0.456 e. The number of hydrogen-bond donors (Lipinski definition) is 0. The molecule has 0 radical (unpaired) electrons. The molecule has 0 aliphatic carbocycles. The molecular formula is C52H32N2O. The summed E-state index contributed by atoms with van der Waals surface area (Å²) >= 11 is 0. The molecule has 0 unspecified atom stereocenters. The third-order valence-corrected chi connectivity index (χ3v) is 11.5. The first-order valence-corrected chi connectivity index (χ1v) is 18.8. The van der Waals surface area contributed by atoms with E-state index >= 15 is 0 Å². The zero-order valence-corrected chi connectivity index (χ0v) is 29.8. The van der Waals surface area contributed by atoms with Gasteiger partial charge in [-0.3, -0.25) is 0 Å². The second-order valence-electron chi connectivity index (χ2n) is 14.5. The van der Waals surface area contributed by atoms with Gasteiger partial charge in [0.1, 0.15) is 11.2 Å². The largest absolute Gasteiger partial charge is 0.456 e. The van der Waals surface area contributed by atoms with E-state index in [1.807, 2.05) is 6.07 Å². The Morgan fingerprint density at radius 2 is 0.909 bits per heavy atom. The highest BCUT2D eigenvalue weighted by Crippen LogP contribution is 2.43. The minimum atomic E-state index is 0.902. The zero-order chi connectivity index (χ0) is 36.0. The molecule has 256 valence electrons. The molecule has 0 saturated carbocycles. The number of rotatable bonds is 4. The highest BCUT2D eigenvalue weighted by atomic mass is 16.3. The first kappa shape index (κ1) is 30.1. The van der Waals surface area contributed by atoms with Crippen LogP contribution in [0, 0.1) is 0 Å². The van der Waals surface area contributed by atoms with E-state index in [-0.39, 0.29) is 0 Å². The molecule has 3 heteroatoms. The number of nitrogens with zero attached hydrogens (tertiary/aromatic N) is 2. The van der Waals surface area contributed by atoms with E-state index in [1.54, 1.807) is 0 Å². The van der Waals surface area contributed by atoms with Crippen LogP contribution in [0.4, 0.5) is 0 Å². The molecule has 12 rings (SSSR count). The van der Waals surface area contributed by atoms with Gasteiger partial charge >= 0.3 is 0 Å². The lowest BCUT2D eigenvalue weighted by molar-refractivity contribution is 0.669. The van der Waals surface area contributed by atoms with E-state index in [1.165, 1.54) is 71.3 Å². The van der Waals surface area contributed by atoms with E-state index < -0.39 is 0 Å². The Kier molecular flexibility index (Phi) is 6.34. The predicted octanol–water partition coefficient (Wildman–Crippen LogP) is 14.3. The van der Waals surface area contributed by atoms with Crippen molar-refractivity contribution < 1.29 is 4.42 Å². The van der Waals surface area contributed by atoms with E-state index in [0.717, 1.165) is 38.7 Å². The lowest BCUT2D eigenvalue weighted by atomic mass is 9.99. The van der Waals surface area contributed by atoms with Crippen LogP contribution in [0.5, 0.6) is 0 Å². The summed E-state index contributed by atoms with van der Waals surface area (Å²) in [6.45, 7) is 0. The third-order valence-electron chi connectivity index (χ3n) is 11.5. The number of benzene rings is 9. The highest BCUT2D eigenvalue weighted by molar-refractivity contribution is 6.27. The molecule has 0 aliphatic heterocycles. The Bertz CT molecular complexity index is 3490. The second kappa shape index (κ2) is 11.6. The lowest BCUT2D eigenvalue weighted by Gasteiger charge is -2.11. The van der Waals surface area contributed by atoms with Gasteiger partial charge in [0.25, 0.3) is 0 Å². The molecule has 0 bridgehead atoms. The van der Waals surface area contributed by atoms with Crippen LogP contribution in [-0.2, 0) is 0 Å². The number of fused-ring (bicyclic) bond motifs is 11. The van der Waals surface area contributed by atoms with Gasteiger partial charge in [0.15, 0.2) is 0 Å². The Labute approximate surface area is 316 Å². The van der Waals surface area contributed by atoms with Gasteiger partial charge in [0.2, 0.25) is 0 Å². The zero-order valence-electron chi connectivity index (χ0n) is 29.8. The molecule has 0 atom stereocenters. The molecule has 9 aromatic carbocycles. The average Bonchev–Trinajstić information content (AvgIpc) is 3.91. The molecule has 3 nitrogen and oxygen atoms in total. The average molecular weight is 701 g/mol. The number of hydrogen-bond acceptors (Lipinski definition) is 1. The van der Waals surface area contributed by atoms with Gasteiger partial charge in [-0.2, -0.15) is 0 Å². The maximum Gasteiger partial charge on any atom is 0.136 e. The fourth-order valence-electron chi connectivity index (χ4n) is 8.99. The molecule has 3 aromatic heterocycles. The van der Waals surface area contributed by atoms with Crippen LogP contribution in [0.1, 0.15) is 0 Å². The SMILES string of the molecule is c1ccc(-c2cccc(-n3c4ccc(-c5ccc6c(c5)c5ccccc5n6-c5ccc6ccccc6c5)cc4c4c5c(ccc43)oc3ccccc35)c2)cc1. The van der Waals surface area contributed by atoms with Crippen molar-refractivity contribution in [3.8, 4) is 33.6 Å². The van der Waals surface area contributed by atoms with E-state index in [2.05, 4.69) is 197 Å². The van der Waals surface area contributed by atoms with E-state index in [0.29, 0.717) is 0 Å². The van der Waals surface area contributed by atoms with Crippen molar-refractivity contribution in [1.29, 1.82) is 0 Å². The van der Waals surface area contributed by atoms with Gasteiger partial charge in [-0.15, -0.1) is 0 Å². The van der Waals surface area contributed by atoms with Crippen molar-refractivity contribution >= 4 is 76.3 Å². The summed E-state index contributed by atoms with van der Waals surface area (Å²) in [5.74, 6) is 0. The van der Waals surface area contributed by atoms with Gasteiger partial charge in [-0.1, -0.05) is 121 Å². The molecular weight excluding hydrogens is 669 g/mol. The monoisotopic (exact) mass is 700 g/mol. The summed E-state index contributed by atoms with van der Waals surface area (Å²) < 4.78 is 11.3. The Morgan fingerprint density at radius 1 is 0.291 bits per heavy atom. The molecule has 0 N–H and O–H groups in total. The van der Waals surface area contributed by atoms with E-state index in [9.17, 15) is 0 Å². The summed E-state index contributed by atoms with van der Waals surface area (Å²) in [4.78, 5) is 0. The van der Waals surface area contributed by atoms with Crippen molar-refractivity contribution in [3.63, 3.8) is 0 Å². The van der Waals surface area contributed by atoms with Crippen molar-refractivity contribution in [2.45, 2.75) is 0 Å². The fraction of sp³-hybridized carbons (Fsp3) is 0. The Hall–Kier alpha value is -7.36. The minimum absolute atomic E-state index is 0.902. The third kappa shape index (κ3) is 4.50. The molecule has 0 fully saturated rings. The van der Waals surface area contributed by atoms with Gasteiger partial charge < -0.3 is 13.6 Å². The first-order valence-electron chi connectivity index (χ1n) is 18.8. The molecule has 0 saturated heterocycles. The molecule has 12 aromatic rings. The molecule has 3 heterocycles. The van der Waals surface area contributed by atoms with Crippen LogP contribution in [0.2, 0.25) is 0 Å². The van der Waals surface area contributed by atoms with Crippen LogP contribution in [0.15, 0.2) is 199 Å². The van der Waals surface area contributed by atoms with Crippen LogP contribution in [-0.4, -0.2) is 9.13 Å². The second-order valence-corrected chi connectivity index (χ2v) is 14.5. The van der Waals surface area contributed by atoms with Crippen molar-refractivity contribution in [1.82, 2.24) is 9.13 Å². The van der Waals surface area contributed by atoms with Gasteiger partial charge in [-0.25, -0.2) is 0 Å². The summed E-state index contributed by atoms with van der Waals surface area (Å²) in [5, 5.41) is 9.67. The number of furan rings is 1. The summed E-state index contributed by atoms with van der Waals surface area (Å²) in [6.07, 6.45) is 0. The van der Waals surface area contributed by atoms with Gasteiger partial charge in [-0.05, 0) is 106 Å². The maximum atomic E-state index is 6.46. The van der Waals surface area contributed by atoms with E-state index in [4.69, 9.17) is 4.42 Å². The Balaban J connectivity index is 1.10. The standard InChI is InChI=1S/C52H32N2O/c1-2-11-33(12-3-1)36-15-10-16-39(29-36)54-47-26-23-38(32-44(47)51-48(54)27-28-50-52(51)42-18-7-9-20-49(42)55-50)37-22-25-46-43(31-37)41-17-6-8-19-45(41)53(46)40-24-21-34-13-4-5-14-35(34)30-40/h1-32H. The fourth-order valence-corrected chi connectivity index (χ4v) is 8.99.